The van der Waals surface area contributed by atoms with Crippen molar-refractivity contribution in [1.82, 2.24) is 5.32 Å². The molecule has 2 rings (SSSR count). The quantitative estimate of drug-likeness (QED) is 0.821. The van der Waals surface area contributed by atoms with Gasteiger partial charge in [0.2, 0.25) is 5.91 Å². The molecule has 0 spiro atoms. The van der Waals surface area contributed by atoms with Crippen LogP contribution in [0.25, 0.3) is 0 Å². The molecule has 0 aliphatic rings. The molecule has 2 N–H and O–H groups in total. The minimum Gasteiger partial charge on any atom is -0.482 e. The van der Waals surface area contributed by atoms with Crippen LogP contribution in [-0.2, 0) is 9.59 Å². The zero-order chi connectivity index (χ0) is 18.4. The van der Waals surface area contributed by atoms with E-state index >= 15 is 0 Å². The summed E-state index contributed by atoms with van der Waals surface area (Å²) in [4.78, 5) is 23.4. The van der Waals surface area contributed by atoms with Crippen molar-refractivity contribution in [2.45, 2.75) is 26.8 Å². The van der Waals surface area contributed by atoms with Crippen LogP contribution in [0.15, 0.2) is 42.5 Å². The van der Waals surface area contributed by atoms with E-state index in [0.29, 0.717) is 16.5 Å². The van der Waals surface area contributed by atoms with Gasteiger partial charge in [0.1, 0.15) is 5.75 Å². The first-order valence-corrected chi connectivity index (χ1v) is 8.29. The molecule has 2 amide bonds. The van der Waals surface area contributed by atoms with Crippen molar-refractivity contribution in [3.63, 3.8) is 0 Å². The number of amides is 2. The van der Waals surface area contributed by atoms with Crippen molar-refractivity contribution in [3.05, 3.63) is 58.6 Å². The van der Waals surface area contributed by atoms with Gasteiger partial charge in [-0.25, -0.2) is 0 Å². The second-order valence-electron chi connectivity index (χ2n) is 5.81. The van der Waals surface area contributed by atoms with E-state index in [1.807, 2.05) is 32.0 Å². The number of nitrogens with one attached hydrogen (secondary N) is 2. The van der Waals surface area contributed by atoms with Crippen molar-refractivity contribution < 1.29 is 14.3 Å². The van der Waals surface area contributed by atoms with Gasteiger partial charge < -0.3 is 15.4 Å². The summed E-state index contributed by atoms with van der Waals surface area (Å²) in [6, 6.07) is 12.5. The van der Waals surface area contributed by atoms with Gasteiger partial charge in [-0.2, -0.15) is 0 Å². The molecular weight excluding hydrogens is 340 g/mol. The molecule has 25 heavy (non-hydrogen) atoms. The van der Waals surface area contributed by atoms with E-state index in [2.05, 4.69) is 10.6 Å². The molecule has 0 fully saturated rings. The molecule has 2 aromatic rings. The van der Waals surface area contributed by atoms with Crippen LogP contribution < -0.4 is 15.4 Å². The van der Waals surface area contributed by atoms with Crippen LogP contribution in [0, 0.1) is 6.92 Å². The van der Waals surface area contributed by atoms with Gasteiger partial charge >= 0.3 is 0 Å². The molecule has 0 saturated heterocycles. The molecule has 0 saturated carbocycles. The van der Waals surface area contributed by atoms with E-state index in [1.54, 1.807) is 24.3 Å². The molecule has 132 valence electrons. The Morgan fingerprint density at radius 1 is 1.16 bits per heavy atom. The molecule has 0 heterocycles. The van der Waals surface area contributed by atoms with Gasteiger partial charge in [-0.05, 0) is 49.2 Å². The maximum Gasteiger partial charge on any atom is 0.258 e. The number of aryl methyl sites for hydroxylation is 1. The second-order valence-corrected chi connectivity index (χ2v) is 6.25. The molecule has 1 unspecified atom stereocenters. The number of halogens is 1. The number of carbonyl (C=O) groups is 2. The summed E-state index contributed by atoms with van der Waals surface area (Å²) in [5.74, 6) is 0.0109. The lowest BCUT2D eigenvalue weighted by molar-refractivity contribution is -0.123. The molecule has 0 radical (unpaired) electrons. The number of anilines is 1. The molecule has 0 aliphatic carbocycles. The zero-order valence-corrected chi connectivity index (χ0v) is 15.2. The SMILES string of the molecule is CC(=O)Nc1ccc(C)cc1OCC(=O)NC(C)c1ccc(Cl)cc1. The van der Waals surface area contributed by atoms with Crippen molar-refractivity contribution in [1.29, 1.82) is 0 Å². The van der Waals surface area contributed by atoms with Gasteiger partial charge in [0, 0.05) is 11.9 Å². The summed E-state index contributed by atoms with van der Waals surface area (Å²) < 4.78 is 5.59. The fourth-order valence-electron chi connectivity index (χ4n) is 2.30. The average Bonchev–Trinajstić information content (AvgIpc) is 2.55. The molecule has 5 nitrogen and oxygen atoms in total. The van der Waals surface area contributed by atoms with E-state index in [9.17, 15) is 9.59 Å². The fraction of sp³-hybridized carbons (Fsp3) is 0.263. The number of benzene rings is 2. The Labute approximate surface area is 152 Å². The van der Waals surface area contributed by atoms with Gasteiger partial charge in [0.05, 0.1) is 11.7 Å². The van der Waals surface area contributed by atoms with Gasteiger partial charge in [0.25, 0.3) is 5.91 Å². The van der Waals surface area contributed by atoms with E-state index in [-0.39, 0.29) is 24.5 Å². The molecule has 0 bridgehead atoms. The molecule has 0 aromatic heterocycles. The average molecular weight is 361 g/mol. The first-order chi connectivity index (χ1) is 11.8. The highest BCUT2D eigenvalue weighted by Crippen LogP contribution is 2.25. The van der Waals surface area contributed by atoms with Crippen molar-refractivity contribution in [2.24, 2.45) is 0 Å². The Bertz CT molecular complexity index is 760. The Balaban J connectivity index is 1.96. The predicted octanol–water partition coefficient (Wildman–Crippen LogP) is 3.86. The van der Waals surface area contributed by atoms with Crippen molar-refractivity contribution in [3.8, 4) is 5.75 Å². The minimum atomic E-state index is -0.252. The summed E-state index contributed by atoms with van der Waals surface area (Å²) in [7, 11) is 0. The second kappa shape index (κ2) is 8.53. The third-order valence-electron chi connectivity index (χ3n) is 3.55. The van der Waals surface area contributed by atoms with Crippen LogP contribution in [0.3, 0.4) is 0 Å². The lowest BCUT2D eigenvalue weighted by atomic mass is 10.1. The van der Waals surface area contributed by atoms with Gasteiger partial charge in [-0.1, -0.05) is 29.8 Å². The fourth-order valence-corrected chi connectivity index (χ4v) is 2.43. The summed E-state index contributed by atoms with van der Waals surface area (Å²) in [6.07, 6.45) is 0. The standard InChI is InChI=1S/C19H21ClN2O3/c1-12-4-9-17(22-14(3)23)18(10-12)25-11-19(24)21-13(2)15-5-7-16(20)8-6-15/h4-10,13H,11H2,1-3H3,(H,21,24)(H,22,23). The highest BCUT2D eigenvalue weighted by Gasteiger charge is 2.12. The number of carbonyl (C=O) groups excluding carboxylic acids is 2. The van der Waals surface area contributed by atoms with Crippen molar-refractivity contribution >= 4 is 29.1 Å². The Hall–Kier alpha value is -2.53. The Morgan fingerprint density at radius 2 is 1.84 bits per heavy atom. The predicted molar refractivity (Wildman–Crippen MR) is 99.0 cm³/mol. The van der Waals surface area contributed by atoms with Gasteiger partial charge in [-0.3, -0.25) is 9.59 Å². The maximum atomic E-state index is 12.1. The zero-order valence-electron chi connectivity index (χ0n) is 14.4. The van der Waals surface area contributed by atoms with Gasteiger partial charge in [0.15, 0.2) is 6.61 Å². The number of hydrogen-bond donors (Lipinski definition) is 2. The monoisotopic (exact) mass is 360 g/mol. The van der Waals surface area contributed by atoms with Crippen LogP contribution in [0.1, 0.15) is 31.0 Å². The molecule has 1 atom stereocenters. The van der Waals surface area contributed by atoms with Crippen LogP contribution in [0.2, 0.25) is 5.02 Å². The lowest BCUT2D eigenvalue weighted by Crippen LogP contribution is -2.31. The third kappa shape index (κ3) is 5.80. The molecule has 0 aliphatic heterocycles. The van der Waals surface area contributed by atoms with Gasteiger partial charge in [-0.15, -0.1) is 0 Å². The lowest BCUT2D eigenvalue weighted by Gasteiger charge is -2.16. The van der Waals surface area contributed by atoms with E-state index in [1.165, 1.54) is 6.92 Å². The third-order valence-corrected chi connectivity index (χ3v) is 3.81. The summed E-state index contributed by atoms with van der Waals surface area (Å²) in [6.45, 7) is 5.07. The Kier molecular flexibility index (Phi) is 6.42. The normalized spacial score (nSPS) is 11.5. The van der Waals surface area contributed by atoms with E-state index in [0.717, 1.165) is 11.1 Å². The largest absolute Gasteiger partial charge is 0.482 e. The maximum absolute atomic E-state index is 12.1. The molecule has 6 heteroatoms. The van der Waals surface area contributed by atoms with Crippen LogP contribution in [-0.4, -0.2) is 18.4 Å². The summed E-state index contributed by atoms with van der Waals surface area (Å²) >= 11 is 5.87. The molecule has 2 aromatic carbocycles. The van der Waals surface area contributed by atoms with Crippen LogP contribution in [0.5, 0.6) is 5.75 Å². The highest BCUT2D eigenvalue weighted by atomic mass is 35.5. The first kappa shape index (κ1) is 18.8. The highest BCUT2D eigenvalue weighted by molar-refractivity contribution is 6.30. The van der Waals surface area contributed by atoms with E-state index in [4.69, 9.17) is 16.3 Å². The molecular formula is C19H21ClN2O3. The number of hydrogen-bond acceptors (Lipinski definition) is 3. The number of rotatable bonds is 6. The summed E-state index contributed by atoms with van der Waals surface area (Å²) in [5.41, 5.74) is 2.46. The van der Waals surface area contributed by atoms with Crippen LogP contribution >= 0.6 is 11.6 Å². The Morgan fingerprint density at radius 3 is 2.48 bits per heavy atom. The number of ether oxygens (including phenoxy) is 1. The van der Waals surface area contributed by atoms with Crippen LogP contribution in [0.4, 0.5) is 5.69 Å². The topological polar surface area (TPSA) is 67.4 Å². The minimum absolute atomic E-state index is 0.145. The smallest absolute Gasteiger partial charge is 0.258 e. The summed E-state index contributed by atoms with van der Waals surface area (Å²) in [5, 5.41) is 6.20. The first-order valence-electron chi connectivity index (χ1n) is 7.91. The van der Waals surface area contributed by atoms with E-state index < -0.39 is 0 Å². The van der Waals surface area contributed by atoms with Crippen molar-refractivity contribution in [2.75, 3.05) is 11.9 Å².